The molecule has 12 heteroatoms. The molecule has 2 fully saturated rings. The molecule has 35 heavy (non-hydrogen) atoms. The smallest absolute Gasteiger partial charge is 0.409 e. The van der Waals surface area contributed by atoms with Gasteiger partial charge in [-0.1, -0.05) is 6.07 Å². The highest BCUT2D eigenvalue weighted by molar-refractivity contribution is 6.30. The van der Waals surface area contributed by atoms with Crippen LogP contribution in [0.1, 0.15) is 18.1 Å². The van der Waals surface area contributed by atoms with Crippen molar-refractivity contribution in [1.82, 2.24) is 24.1 Å². The van der Waals surface area contributed by atoms with E-state index in [2.05, 4.69) is 0 Å². The first kappa shape index (κ1) is 23.9. The predicted octanol–water partition coefficient (Wildman–Crippen LogP) is 0.715. The van der Waals surface area contributed by atoms with Gasteiger partial charge < -0.3 is 14.5 Å². The third-order valence-corrected chi connectivity index (χ3v) is 6.10. The van der Waals surface area contributed by atoms with E-state index in [9.17, 15) is 24.0 Å². The number of urea groups is 1. The number of pyridine rings is 1. The molecule has 0 radical (unpaired) electrons. The van der Waals surface area contributed by atoms with Crippen molar-refractivity contribution in [3.05, 3.63) is 45.4 Å². The summed E-state index contributed by atoms with van der Waals surface area (Å²) in [6.45, 7) is 5.26. The number of carbonyl (C=O) groups is 4. The molecular formula is C23H26N6O6. The maximum Gasteiger partial charge on any atom is 0.409 e. The maximum absolute atomic E-state index is 13.6. The van der Waals surface area contributed by atoms with Crippen LogP contribution in [0.2, 0.25) is 0 Å². The quantitative estimate of drug-likeness (QED) is 0.463. The second kappa shape index (κ2) is 9.20. The minimum Gasteiger partial charge on any atom is -0.450 e. The van der Waals surface area contributed by atoms with Gasteiger partial charge in [0.25, 0.3) is 17.4 Å². The van der Waals surface area contributed by atoms with Gasteiger partial charge in [-0.15, -0.1) is 0 Å². The number of fused-ring (bicyclic) bond motifs is 1. The van der Waals surface area contributed by atoms with Crippen molar-refractivity contribution in [2.75, 3.05) is 51.8 Å². The first-order chi connectivity index (χ1) is 16.6. The van der Waals surface area contributed by atoms with Crippen LogP contribution in [-0.2, 0) is 14.3 Å². The molecule has 0 aromatic carbocycles. The summed E-state index contributed by atoms with van der Waals surface area (Å²) in [5.74, 6) is -1.31. The zero-order valence-corrected chi connectivity index (χ0v) is 20.0. The predicted molar refractivity (Wildman–Crippen MR) is 126 cm³/mol. The molecule has 0 N–H and O–H groups in total. The van der Waals surface area contributed by atoms with Crippen molar-refractivity contribution < 1.29 is 23.9 Å². The molecule has 0 bridgehead atoms. The van der Waals surface area contributed by atoms with Gasteiger partial charge in [0, 0.05) is 46.5 Å². The second-order valence-corrected chi connectivity index (χ2v) is 8.28. The number of hydrogen-bond donors (Lipinski definition) is 0. The SMILES string of the molecule is CCOC(=O)N1CCN(c2nc3c(C)cccn3c(=O)c2C=C2C(=O)N(C)C(=O)N(C)C2=O)CC1. The van der Waals surface area contributed by atoms with Crippen LogP contribution in [0.25, 0.3) is 11.7 Å². The van der Waals surface area contributed by atoms with Gasteiger partial charge in [-0.05, 0) is 31.6 Å². The van der Waals surface area contributed by atoms with Crippen LogP contribution in [0.4, 0.5) is 15.4 Å². The van der Waals surface area contributed by atoms with E-state index in [4.69, 9.17) is 9.72 Å². The normalized spacial score (nSPS) is 16.9. The van der Waals surface area contributed by atoms with Crippen LogP contribution in [-0.4, -0.2) is 94.9 Å². The van der Waals surface area contributed by atoms with Crippen LogP contribution >= 0.6 is 0 Å². The average Bonchev–Trinajstić information content (AvgIpc) is 2.86. The van der Waals surface area contributed by atoms with Gasteiger partial charge in [0.1, 0.15) is 17.0 Å². The average molecular weight is 482 g/mol. The summed E-state index contributed by atoms with van der Waals surface area (Å²) >= 11 is 0. The summed E-state index contributed by atoms with van der Waals surface area (Å²) in [6.07, 6.45) is 2.36. The number of rotatable bonds is 3. The molecule has 0 aliphatic carbocycles. The summed E-state index contributed by atoms with van der Waals surface area (Å²) in [6, 6.07) is 2.78. The lowest BCUT2D eigenvalue weighted by molar-refractivity contribution is -0.134. The van der Waals surface area contributed by atoms with Gasteiger partial charge in [0.15, 0.2) is 0 Å². The molecule has 2 aliphatic rings. The van der Waals surface area contributed by atoms with Gasteiger partial charge in [-0.25, -0.2) is 14.6 Å². The van der Waals surface area contributed by atoms with Crippen LogP contribution in [0.3, 0.4) is 0 Å². The number of ether oxygens (including phenoxy) is 1. The number of amides is 5. The first-order valence-electron chi connectivity index (χ1n) is 11.2. The zero-order chi connectivity index (χ0) is 25.4. The van der Waals surface area contributed by atoms with E-state index in [1.54, 1.807) is 24.1 Å². The molecule has 5 amide bonds. The Labute approximate surface area is 201 Å². The van der Waals surface area contributed by atoms with E-state index in [0.29, 0.717) is 37.6 Å². The molecule has 0 unspecified atom stereocenters. The fourth-order valence-corrected chi connectivity index (χ4v) is 4.10. The summed E-state index contributed by atoms with van der Waals surface area (Å²) in [7, 11) is 2.54. The number of aryl methyl sites for hydroxylation is 1. The molecule has 4 heterocycles. The minimum absolute atomic E-state index is 0.0468. The lowest BCUT2D eigenvalue weighted by Crippen LogP contribution is -2.53. The van der Waals surface area contributed by atoms with E-state index < -0.39 is 29.5 Å². The Morgan fingerprint density at radius 3 is 2.29 bits per heavy atom. The van der Waals surface area contributed by atoms with Crippen molar-refractivity contribution >= 4 is 41.5 Å². The fourth-order valence-electron chi connectivity index (χ4n) is 4.10. The Bertz CT molecular complexity index is 1300. The summed E-state index contributed by atoms with van der Waals surface area (Å²) in [5, 5.41) is 0. The second-order valence-electron chi connectivity index (χ2n) is 8.28. The monoisotopic (exact) mass is 482 g/mol. The number of likely N-dealkylation sites (N-methyl/N-ethyl adjacent to an activating group) is 2. The molecule has 2 aliphatic heterocycles. The number of barbiturate groups is 1. The number of carbonyl (C=O) groups excluding carboxylic acids is 4. The van der Waals surface area contributed by atoms with Crippen LogP contribution in [0.5, 0.6) is 0 Å². The third-order valence-electron chi connectivity index (χ3n) is 6.10. The van der Waals surface area contributed by atoms with Crippen LogP contribution in [0.15, 0.2) is 28.7 Å². The lowest BCUT2D eigenvalue weighted by atomic mass is 10.1. The van der Waals surface area contributed by atoms with Crippen molar-refractivity contribution in [3.8, 4) is 0 Å². The summed E-state index contributed by atoms with van der Waals surface area (Å²) in [4.78, 5) is 73.1. The Kier molecular flexibility index (Phi) is 6.29. The van der Waals surface area contributed by atoms with Gasteiger partial charge in [0.2, 0.25) is 0 Å². The van der Waals surface area contributed by atoms with E-state index in [1.807, 2.05) is 17.9 Å². The molecule has 0 saturated carbocycles. The van der Waals surface area contributed by atoms with Crippen molar-refractivity contribution in [1.29, 1.82) is 0 Å². The zero-order valence-electron chi connectivity index (χ0n) is 20.0. The van der Waals surface area contributed by atoms with E-state index in [1.165, 1.54) is 24.6 Å². The Morgan fingerprint density at radius 1 is 1.06 bits per heavy atom. The minimum atomic E-state index is -0.801. The molecule has 0 spiro atoms. The Balaban J connectivity index is 1.83. The topological polar surface area (TPSA) is 125 Å². The van der Waals surface area contributed by atoms with Crippen molar-refractivity contribution in [2.45, 2.75) is 13.8 Å². The van der Waals surface area contributed by atoms with Gasteiger partial charge in [-0.3, -0.25) is 28.6 Å². The number of imide groups is 2. The molecule has 184 valence electrons. The highest BCUT2D eigenvalue weighted by Gasteiger charge is 2.38. The molecule has 2 saturated heterocycles. The van der Waals surface area contributed by atoms with Gasteiger partial charge >= 0.3 is 12.1 Å². The highest BCUT2D eigenvalue weighted by Crippen LogP contribution is 2.24. The molecular weight excluding hydrogens is 456 g/mol. The van der Waals surface area contributed by atoms with Crippen molar-refractivity contribution in [3.63, 3.8) is 0 Å². The number of piperazine rings is 1. The molecule has 0 atom stereocenters. The van der Waals surface area contributed by atoms with E-state index >= 15 is 0 Å². The number of anilines is 1. The molecule has 2 aromatic heterocycles. The third kappa shape index (κ3) is 4.11. The standard InChI is InChI=1S/C23H26N6O6/c1-5-35-23(34)28-11-9-27(10-12-28)18-15(21(32)29-8-6-7-14(2)17(29)24-18)13-16-19(30)25(3)22(33)26(4)20(16)31/h6-8,13H,5,9-12H2,1-4H3. The van der Waals surface area contributed by atoms with E-state index in [-0.39, 0.29) is 17.7 Å². The molecule has 2 aromatic rings. The van der Waals surface area contributed by atoms with Crippen LogP contribution < -0.4 is 10.5 Å². The number of nitrogens with zero attached hydrogens (tertiary/aromatic N) is 6. The number of aromatic nitrogens is 2. The summed E-state index contributed by atoms with van der Waals surface area (Å²) in [5.41, 5.74) is 0.480. The Morgan fingerprint density at radius 2 is 1.69 bits per heavy atom. The highest BCUT2D eigenvalue weighted by atomic mass is 16.6. The Hall–Kier alpha value is -4.22. The number of hydrogen-bond acceptors (Lipinski definition) is 8. The maximum atomic E-state index is 13.6. The van der Waals surface area contributed by atoms with Crippen molar-refractivity contribution in [2.24, 2.45) is 0 Å². The van der Waals surface area contributed by atoms with Gasteiger partial charge in [-0.2, -0.15) is 0 Å². The van der Waals surface area contributed by atoms with E-state index in [0.717, 1.165) is 15.4 Å². The molecule has 4 rings (SSSR count). The molecule has 12 nitrogen and oxygen atoms in total. The lowest BCUT2D eigenvalue weighted by Gasteiger charge is -2.35. The first-order valence-corrected chi connectivity index (χ1v) is 11.2. The fraction of sp³-hybridized carbons (Fsp3) is 0.391. The van der Waals surface area contributed by atoms with Gasteiger partial charge in [0.05, 0.1) is 12.2 Å². The largest absolute Gasteiger partial charge is 0.450 e. The summed E-state index contributed by atoms with van der Waals surface area (Å²) < 4.78 is 6.43. The van der Waals surface area contributed by atoms with Crippen LogP contribution in [0, 0.1) is 6.92 Å².